The van der Waals surface area contributed by atoms with Crippen molar-refractivity contribution >= 4 is 40.9 Å². The number of nitrogens with one attached hydrogen (secondary N) is 3. The first-order chi connectivity index (χ1) is 15.9. The number of anilines is 1. The van der Waals surface area contributed by atoms with E-state index >= 15 is 0 Å². The molecule has 1 aliphatic carbocycles. The number of nitrogens with zero attached hydrogens (tertiary/aromatic N) is 1. The lowest BCUT2D eigenvalue weighted by Gasteiger charge is -2.14. The first-order valence-corrected chi connectivity index (χ1v) is 11.8. The normalized spacial score (nSPS) is 16.5. The largest absolute Gasteiger partial charge is 0.326 e. The van der Waals surface area contributed by atoms with Crippen molar-refractivity contribution in [3.8, 4) is 5.00 Å². The lowest BCUT2D eigenvalue weighted by Crippen LogP contribution is -2.22. The molecule has 168 valence electrons. The van der Waals surface area contributed by atoms with Crippen LogP contribution in [0.4, 0.5) is 10.5 Å². The van der Waals surface area contributed by atoms with Gasteiger partial charge in [0.1, 0.15) is 10.7 Å². The molecule has 8 heteroatoms. The number of benzene rings is 1. The molecule has 33 heavy (non-hydrogen) atoms. The maximum atomic E-state index is 13.5. The third kappa shape index (κ3) is 3.87. The molecule has 4 amide bonds. The van der Waals surface area contributed by atoms with E-state index in [2.05, 4.69) is 20.5 Å². The fourth-order valence-electron chi connectivity index (χ4n) is 4.54. The van der Waals surface area contributed by atoms with Gasteiger partial charge in [0.25, 0.3) is 11.8 Å². The van der Waals surface area contributed by atoms with E-state index in [0.29, 0.717) is 0 Å². The lowest BCUT2D eigenvalue weighted by molar-refractivity contribution is -0.115. The Bertz CT molecular complexity index is 1320. The van der Waals surface area contributed by atoms with E-state index in [4.69, 9.17) is 0 Å². The second-order valence-corrected chi connectivity index (χ2v) is 9.42. The highest BCUT2D eigenvalue weighted by molar-refractivity contribution is 7.15. The number of carbonyl (C=O) groups is 3. The average Bonchev–Trinajstić information content (AvgIpc) is 3.41. The van der Waals surface area contributed by atoms with E-state index in [1.807, 2.05) is 50.2 Å². The van der Waals surface area contributed by atoms with Gasteiger partial charge in [-0.05, 0) is 74.9 Å². The number of thiophene rings is 1. The standard InChI is InChI=1S/C25H24N4O3S/c1-14-12-16(13-19-22(30)28-25(32)27-19)15(2)29(14)24-21(18-10-6-7-11-20(18)33-24)23(31)26-17-8-4-3-5-9-17/h3-5,8-9,12-13H,6-7,10-11H2,1-2H3,(H,26,31)(H2,27,28,30,32). The van der Waals surface area contributed by atoms with Gasteiger partial charge >= 0.3 is 6.03 Å². The van der Waals surface area contributed by atoms with E-state index in [1.54, 1.807) is 17.4 Å². The van der Waals surface area contributed by atoms with Crippen LogP contribution in [0.25, 0.3) is 11.1 Å². The summed E-state index contributed by atoms with van der Waals surface area (Å²) in [5.41, 5.74) is 5.53. The summed E-state index contributed by atoms with van der Waals surface area (Å²) in [5.74, 6) is -0.551. The second-order valence-electron chi connectivity index (χ2n) is 8.34. The summed E-state index contributed by atoms with van der Waals surface area (Å²) in [5, 5.41) is 8.72. The number of para-hydroxylation sites is 1. The highest BCUT2D eigenvalue weighted by Gasteiger charge is 2.29. The van der Waals surface area contributed by atoms with Crippen molar-refractivity contribution in [3.63, 3.8) is 0 Å². The molecule has 0 unspecified atom stereocenters. The second kappa shape index (κ2) is 8.37. The molecule has 5 rings (SSSR count). The van der Waals surface area contributed by atoms with Gasteiger partial charge in [0.2, 0.25) is 0 Å². The number of hydrogen-bond donors (Lipinski definition) is 3. The molecule has 1 aliphatic heterocycles. The van der Waals surface area contributed by atoms with Crippen LogP contribution < -0.4 is 16.0 Å². The number of fused-ring (bicyclic) bond motifs is 1. The molecule has 0 bridgehead atoms. The molecule has 1 saturated heterocycles. The van der Waals surface area contributed by atoms with Crippen LogP contribution in [0.3, 0.4) is 0 Å². The number of hydrogen-bond acceptors (Lipinski definition) is 4. The molecule has 2 aliphatic rings. The minimum atomic E-state index is -0.522. The molecule has 2 aromatic heterocycles. The van der Waals surface area contributed by atoms with Crippen LogP contribution >= 0.6 is 11.3 Å². The molecule has 0 spiro atoms. The van der Waals surface area contributed by atoms with Crippen LogP contribution in [-0.2, 0) is 17.6 Å². The fourth-order valence-corrected chi connectivity index (χ4v) is 6.04. The molecule has 1 aromatic carbocycles. The molecular weight excluding hydrogens is 436 g/mol. The Hall–Kier alpha value is -3.65. The number of imide groups is 1. The molecule has 1 fully saturated rings. The monoisotopic (exact) mass is 460 g/mol. The van der Waals surface area contributed by atoms with Crippen LogP contribution in [0.5, 0.6) is 0 Å². The topological polar surface area (TPSA) is 92.2 Å². The van der Waals surface area contributed by atoms with Gasteiger partial charge in [-0.1, -0.05) is 18.2 Å². The lowest BCUT2D eigenvalue weighted by atomic mass is 9.95. The van der Waals surface area contributed by atoms with Gasteiger partial charge in [-0.3, -0.25) is 14.9 Å². The van der Waals surface area contributed by atoms with Gasteiger partial charge in [0.05, 0.1) is 5.56 Å². The van der Waals surface area contributed by atoms with Crippen molar-refractivity contribution in [2.24, 2.45) is 0 Å². The molecule has 0 radical (unpaired) electrons. The van der Waals surface area contributed by atoms with Crippen molar-refractivity contribution in [1.82, 2.24) is 15.2 Å². The maximum absolute atomic E-state index is 13.5. The number of carbonyl (C=O) groups excluding carboxylic acids is 3. The molecule has 0 saturated carbocycles. The Morgan fingerprint density at radius 1 is 1.09 bits per heavy atom. The first kappa shape index (κ1) is 21.2. The minimum absolute atomic E-state index is 0.106. The van der Waals surface area contributed by atoms with Gasteiger partial charge in [-0.2, -0.15) is 0 Å². The summed E-state index contributed by atoms with van der Waals surface area (Å²) in [6.45, 7) is 3.95. The van der Waals surface area contributed by atoms with E-state index in [1.165, 1.54) is 4.88 Å². The highest BCUT2D eigenvalue weighted by Crippen LogP contribution is 2.39. The Morgan fingerprint density at radius 3 is 2.58 bits per heavy atom. The molecule has 7 nitrogen and oxygen atoms in total. The van der Waals surface area contributed by atoms with Crippen LogP contribution in [0.2, 0.25) is 0 Å². The van der Waals surface area contributed by atoms with Gasteiger partial charge in [0, 0.05) is 22.0 Å². The third-order valence-electron chi connectivity index (χ3n) is 6.10. The Morgan fingerprint density at radius 2 is 1.85 bits per heavy atom. The summed E-state index contributed by atoms with van der Waals surface area (Å²) in [7, 11) is 0. The smallest absolute Gasteiger partial charge is 0.322 e. The predicted octanol–water partition coefficient (Wildman–Crippen LogP) is 4.47. The van der Waals surface area contributed by atoms with Gasteiger partial charge in [-0.25, -0.2) is 4.79 Å². The van der Waals surface area contributed by atoms with E-state index in [0.717, 1.165) is 64.4 Å². The van der Waals surface area contributed by atoms with E-state index in [-0.39, 0.29) is 11.6 Å². The van der Waals surface area contributed by atoms with Crippen molar-refractivity contribution in [2.75, 3.05) is 5.32 Å². The third-order valence-corrected chi connectivity index (χ3v) is 7.38. The number of aromatic nitrogens is 1. The van der Waals surface area contributed by atoms with Gasteiger partial charge in [0.15, 0.2) is 0 Å². The maximum Gasteiger partial charge on any atom is 0.326 e. The summed E-state index contributed by atoms with van der Waals surface area (Å²) < 4.78 is 2.09. The van der Waals surface area contributed by atoms with Crippen molar-refractivity contribution in [1.29, 1.82) is 0 Å². The Balaban J connectivity index is 1.60. The quantitative estimate of drug-likeness (QED) is 0.396. The highest BCUT2D eigenvalue weighted by atomic mass is 32.1. The van der Waals surface area contributed by atoms with Crippen LogP contribution in [0.15, 0.2) is 42.1 Å². The van der Waals surface area contributed by atoms with E-state index in [9.17, 15) is 14.4 Å². The zero-order valence-corrected chi connectivity index (χ0v) is 19.3. The molecular formula is C25H24N4O3S. The number of urea groups is 1. The van der Waals surface area contributed by atoms with Crippen LogP contribution in [0.1, 0.15) is 50.6 Å². The van der Waals surface area contributed by atoms with Crippen molar-refractivity contribution < 1.29 is 14.4 Å². The molecule has 3 aromatic rings. The fraction of sp³-hybridized carbons (Fsp3) is 0.240. The van der Waals surface area contributed by atoms with Crippen LogP contribution in [0, 0.1) is 13.8 Å². The molecule has 0 atom stereocenters. The minimum Gasteiger partial charge on any atom is -0.322 e. The predicted molar refractivity (Wildman–Crippen MR) is 129 cm³/mol. The molecule has 3 heterocycles. The van der Waals surface area contributed by atoms with Crippen LogP contribution in [-0.4, -0.2) is 22.4 Å². The summed E-state index contributed by atoms with van der Waals surface area (Å²) >= 11 is 1.67. The summed E-state index contributed by atoms with van der Waals surface area (Å²) in [6, 6.07) is 10.9. The van der Waals surface area contributed by atoms with E-state index < -0.39 is 11.9 Å². The number of aryl methyl sites for hydroxylation is 2. The summed E-state index contributed by atoms with van der Waals surface area (Å²) in [4.78, 5) is 38.2. The van der Waals surface area contributed by atoms with Crippen molar-refractivity contribution in [2.45, 2.75) is 39.5 Å². The first-order valence-electron chi connectivity index (χ1n) is 11.0. The van der Waals surface area contributed by atoms with Gasteiger partial charge in [-0.15, -0.1) is 11.3 Å². The number of rotatable bonds is 4. The zero-order valence-electron chi connectivity index (χ0n) is 18.5. The zero-order chi connectivity index (χ0) is 23.1. The molecule has 3 N–H and O–H groups in total. The Labute approximate surface area is 195 Å². The average molecular weight is 461 g/mol. The van der Waals surface area contributed by atoms with Crippen molar-refractivity contribution in [3.05, 3.63) is 75.1 Å². The Kier molecular flexibility index (Phi) is 5.38. The summed E-state index contributed by atoms with van der Waals surface area (Å²) in [6.07, 6.45) is 5.75. The van der Waals surface area contributed by atoms with Gasteiger partial charge < -0.3 is 15.2 Å². The SMILES string of the molecule is Cc1cc(C=C2NC(=O)NC2=O)c(C)n1-c1sc2c(c1C(=O)Nc1ccccc1)CCCC2. The number of amides is 4.